The van der Waals surface area contributed by atoms with E-state index in [1.165, 1.54) is 0 Å². The average Bonchev–Trinajstić information content (AvgIpc) is 2.35. The summed E-state index contributed by atoms with van der Waals surface area (Å²) >= 11 is 3.44. The van der Waals surface area contributed by atoms with Gasteiger partial charge in [0, 0.05) is 6.04 Å². The number of primary amides is 1. The highest BCUT2D eigenvalue weighted by Crippen LogP contribution is 2.28. The van der Waals surface area contributed by atoms with E-state index in [-0.39, 0.29) is 18.0 Å². The van der Waals surface area contributed by atoms with Crippen LogP contribution in [0.5, 0.6) is 5.75 Å². The molecule has 1 aromatic carbocycles. The highest BCUT2D eigenvalue weighted by molar-refractivity contribution is 9.10. The van der Waals surface area contributed by atoms with Crippen LogP contribution in [0.3, 0.4) is 0 Å². The summed E-state index contributed by atoms with van der Waals surface area (Å²) in [5.41, 5.74) is 6.39. The lowest BCUT2D eigenvalue weighted by Crippen LogP contribution is -2.41. The highest BCUT2D eigenvalue weighted by Gasteiger charge is 2.17. The van der Waals surface area contributed by atoms with Crippen LogP contribution in [0.2, 0.25) is 0 Å². The second-order valence-corrected chi connectivity index (χ2v) is 5.00. The normalized spacial score (nSPS) is 14.0. The third-order valence-electron chi connectivity index (χ3n) is 2.88. The first-order chi connectivity index (χ1) is 8.49. The molecule has 0 fully saturated rings. The minimum absolute atomic E-state index is 0.0460. The quantitative estimate of drug-likeness (QED) is 0.847. The van der Waals surface area contributed by atoms with Crippen molar-refractivity contribution in [2.24, 2.45) is 5.73 Å². The van der Waals surface area contributed by atoms with Crippen molar-refractivity contribution in [1.29, 1.82) is 0 Å². The van der Waals surface area contributed by atoms with Crippen molar-refractivity contribution >= 4 is 21.8 Å². The van der Waals surface area contributed by atoms with Crippen LogP contribution in [0.4, 0.5) is 0 Å². The summed E-state index contributed by atoms with van der Waals surface area (Å²) in [5, 5.41) is 3.21. The van der Waals surface area contributed by atoms with E-state index in [1.54, 1.807) is 7.11 Å². The maximum atomic E-state index is 11.2. The molecule has 4 nitrogen and oxygen atoms in total. The number of nitrogens with one attached hydrogen (secondary N) is 1. The van der Waals surface area contributed by atoms with Gasteiger partial charge in [0.15, 0.2) is 0 Å². The topological polar surface area (TPSA) is 64.3 Å². The van der Waals surface area contributed by atoms with E-state index in [2.05, 4.69) is 21.2 Å². The molecule has 1 amide bonds. The van der Waals surface area contributed by atoms with Crippen LogP contribution in [-0.4, -0.2) is 19.1 Å². The Hall–Kier alpha value is -1.07. The van der Waals surface area contributed by atoms with E-state index in [0.717, 1.165) is 15.8 Å². The number of amides is 1. The minimum Gasteiger partial charge on any atom is -0.496 e. The summed E-state index contributed by atoms with van der Waals surface area (Å²) < 4.78 is 6.07. The van der Waals surface area contributed by atoms with Crippen LogP contribution in [0.1, 0.15) is 31.9 Å². The Balaban J connectivity index is 2.81. The van der Waals surface area contributed by atoms with Gasteiger partial charge in [-0.3, -0.25) is 10.1 Å². The molecule has 0 aliphatic rings. The predicted octanol–water partition coefficient (Wildman–Crippen LogP) is 2.37. The Labute approximate surface area is 116 Å². The van der Waals surface area contributed by atoms with Crippen molar-refractivity contribution in [3.8, 4) is 5.75 Å². The van der Waals surface area contributed by atoms with Crippen LogP contribution in [-0.2, 0) is 4.79 Å². The van der Waals surface area contributed by atoms with Gasteiger partial charge in [-0.05, 0) is 47.0 Å². The number of hydrogen-bond acceptors (Lipinski definition) is 3. The molecule has 0 saturated carbocycles. The third-order valence-corrected chi connectivity index (χ3v) is 3.50. The number of nitrogens with two attached hydrogens (primary N) is 1. The zero-order valence-electron chi connectivity index (χ0n) is 10.9. The van der Waals surface area contributed by atoms with E-state index >= 15 is 0 Å². The van der Waals surface area contributed by atoms with Crippen molar-refractivity contribution < 1.29 is 9.53 Å². The monoisotopic (exact) mass is 314 g/mol. The fourth-order valence-corrected chi connectivity index (χ4v) is 2.31. The molecule has 0 aliphatic heterocycles. The number of halogens is 1. The van der Waals surface area contributed by atoms with Gasteiger partial charge in [-0.1, -0.05) is 13.0 Å². The standard InChI is InChI=1S/C13H19BrN2O2/c1-4-11(13(15)17)16-8(2)9-5-6-12(18-3)10(14)7-9/h5-8,11,16H,4H2,1-3H3,(H2,15,17)/t8-,11+/m0/s1. The minimum atomic E-state index is -0.322. The van der Waals surface area contributed by atoms with Crippen LogP contribution >= 0.6 is 15.9 Å². The summed E-state index contributed by atoms with van der Waals surface area (Å²) in [7, 11) is 1.63. The summed E-state index contributed by atoms with van der Waals surface area (Å²) in [6, 6.07) is 5.58. The van der Waals surface area contributed by atoms with Gasteiger partial charge in [-0.2, -0.15) is 0 Å². The molecule has 1 rings (SSSR count). The third kappa shape index (κ3) is 3.71. The molecule has 0 bridgehead atoms. The fraction of sp³-hybridized carbons (Fsp3) is 0.462. The Morgan fingerprint density at radius 2 is 2.22 bits per heavy atom. The molecule has 0 saturated heterocycles. The van der Waals surface area contributed by atoms with E-state index in [9.17, 15) is 4.79 Å². The Morgan fingerprint density at radius 3 is 2.67 bits per heavy atom. The molecule has 0 aliphatic carbocycles. The fourth-order valence-electron chi connectivity index (χ4n) is 1.75. The zero-order chi connectivity index (χ0) is 13.7. The van der Waals surface area contributed by atoms with Crippen molar-refractivity contribution in [2.75, 3.05) is 7.11 Å². The summed E-state index contributed by atoms with van der Waals surface area (Å²) in [6.45, 7) is 3.93. The number of carbonyl (C=O) groups excluding carboxylic acids is 1. The molecule has 0 unspecified atom stereocenters. The molecule has 18 heavy (non-hydrogen) atoms. The van der Waals surface area contributed by atoms with Gasteiger partial charge in [-0.15, -0.1) is 0 Å². The maximum Gasteiger partial charge on any atom is 0.234 e. The Bertz CT molecular complexity index is 423. The maximum absolute atomic E-state index is 11.2. The molecular weight excluding hydrogens is 296 g/mol. The predicted molar refractivity (Wildman–Crippen MR) is 75.5 cm³/mol. The van der Waals surface area contributed by atoms with Crippen molar-refractivity contribution in [2.45, 2.75) is 32.4 Å². The van der Waals surface area contributed by atoms with Crippen LogP contribution in [0.15, 0.2) is 22.7 Å². The van der Waals surface area contributed by atoms with Gasteiger partial charge in [0.1, 0.15) is 5.75 Å². The molecule has 0 radical (unpaired) electrons. The number of ether oxygens (including phenoxy) is 1. The molecule has 3 N–H and O–H groups in total. The van der Waals surface area contributed by atoms with Gasteiger partial charge in [0.2, 0.25) is 5.91 Å². The summed E-state index contributed by atoms with van der Waals surface area (Å²) in [5.74, 6) is 0.463. The van der Waals surface area contributed by atoms with E-state index in [4.69, 9.17) is 10.5 Å². The zero-order valence-corrected chi connectivity index (χ0v) is 12.5. The largest absolute Gasteiger partial charge is 0.496 e. The van der Waals surface area contributed by atoms with Crippen LogP contribution in [0.25, 0.3) is 0 Å². The van der Waals surface area contributed by atoms with E-state index in [0.29, 0.717) is 6.42 Å². The SMILES string of the molecule is CC[C@@H](N[C@@H](C)c1ccc(OC)c(Br)c1)C(N)=O. The smallest absolute Gasteiger partial charge is 0.234 e. The Morgan fingerprint density at radius 1 is 1.56 bits per heavy atom. The molecule has 5 heteroatoms. The van der Waals surface area contributed by atoms with E-state index < -0.39 is 0 Å². The second kappa shape index (κ2) is 6.75. The number of hydrogen-bond donors (Lipinski definition) is 2. The lowest BCUT2D eigenvalue weighted by molar-refractivity contribution is -0.120. The van der Waals surface area contributed by atoms with Crippen LogP contribution in [0, 0.1) is 0 Å². The lowest BCUT2D eigenvalue weighted by atomic mass is 10.1. The molecular formula is C13H19BrN2O2. The molecule has 0 spiro atoms. The first-order valence-corrected chi connectivity index (χ1v) is 6.67. The Kier molecular flexibility index (Phi) is 5.62. The van der Waals surface area contributed by atoms with Crippen molar-refractivity contribution in [3.63, 3.8) is 0 Å². The molecule has 1 aromatic rings. The average molecular weight is 315 g/mol. The number of benzene rings is 1. The highest BCUT2D eigenvalue weighted by atomic mass is 79.9. The first kappa shape index (κ1) is 15.0. The molecule has 2 atom stereocenters. The second-order valence-electron chi connectivity index (χ2n) is 4.15. The van der Waals surface area contributed by atoms with Gasteiger partial charge in [0.25, 0.3) is 0 Å². The summed E-state index contributed by atoms with van der Waals surface area (Å²) in [6.07, 6.45) is 0.678. The number of carbonyl (C=O) groups is 1. The molecule has 0 aromatic heterocycles. The van der Waals surface area contributed by atoms with Crippen LogP contribution < -0.4 is 15.8 Å². The van der Waals surface area contributed by atoms with Crippen molar-refractivity contribution in [1.82, 2.24) is 5.32 Å². The van der Waals surface area contributed by atoms with E-state index in [1.807, 2.05) is 32.0 Å². The molecule has 0 heterocycles. The lowest BCUT2D eigenvalue weighted by Gasteiger charge is -2.20. The van der Waals surface area contributed by atoms with Crippen molar-refractivity contribution in [3.05, 3.63) is 28.2 Å². The van der Waals surface area contributed by atoms with Gasteiger partial charge in [-0.25, -0.2) is 0 Å². The number of rotatable bonds is 6. The number of methoxy groups -OCH3 is 1. The van der Waals surface area contributed by atoms with Gasteiger partial charge >= 0.3 is 0 Å². The first-order valence-electron chi connectivity index (χ1n) is 5.88. The van der Waals surface area contributed by atoms with Gasteiger partial charge in [0.05, 0.1) is 17.6 Å². The summed E-state index contributed by atoms with van der Waals surface area (Å²) in [4.78, 5) is 11.2. The molecule has 100 valence electrons. The van der Waals surface area contributed by atoms with Gasteiger partial charge < -0.3 is 10.5 Å².